The SMILES string of the molecule is CC1CCCC(CNc2ccc(N)nn2)(N(C)C)C1. The Labute approximate surface area is 115 Å². The van der Waals surface area contributed by atoms with Crippen molar-refractivity contribution in [2.75, 3.05) is 31.7 Å². The van der Waals surface area contributed by atoms with Gasteiger partial charge in [0.15, 0.2) is 0 Å². The first-order chi connectivity index (χ1) is 9.02. The number of nitrogen functional groups attached to an aromatic ring is 1. The Morgan fingerprint density at radius 2 is 2.21 bits per heavy atom. The predicted molar refractivity (Wildman–Crippen MR) is 79.0 cm³/mol. The van der Waals surface area contributed by atoms with Crippen molar-refractivity contribution in [3.63, 3.8) is 0 Å². The van der Waals surface area contributed by atoms with Crippen LogP contribution in [0.5, 0.6) is 0 Å². The number of rotatable bonds is 4. The minimum Gasteiger partial charge on any atom is -0.382 e. The van der Waals surface area contributed by atoms with E-state index in [1.807, 2.05) is 6.07 Å². The van der Waals surface area contributed by atoms with E-state index in [1.165, 1.54) is 25.7 Å². The van der Waals surface area contributed by atoms with E-state index in [2.05, 4.69) is 41.4 Å². The first-order valence-corrected chi connectivity index (χ1v) is 7.02. The summed E-state index contributed by atoms with van der Waals surface area (Å²) in [5.41, 5.74) is 5.77. The van der Waals surface area contributed by atoms with Crippen LogP contribution in [0.25, 0.3) is 0 Å². The van der Waals surface area contributed by atoms with E-state index < -0.39 is 0 Å². The summed E-state index contributed by atoms with van der Waals surface area (Å²) in [5, 5.41) is 11.4. The maximum absolute atomic E-state index is 5.55. The third-order valence-electron chi connectivity index (χ3n) is 4.30. The van der Waals surface area contributed by atoms with Crippen molar-refractivity contribution in [3.8, 4) is 0 Å². The van der Waals surface area contributed by atoms with E-state index in [4.69, 9.17) is 5.73 Å². The molecule has 1 aliphatic rings. The van der Waals surface area contributed by atoms with E-state index in [9.17, 15) is 0 Å². The molecule has 2 unspecified atom stereocenters. The Morgan fingerprint density at radius 3 is 2.79 bits per heavy atom. The molecule has 106 valence electrons. The topological polar surface area (TPSA) is 67.1 Å². The minimum atomic E-state index is 0.223. The van der Waals surface area contributed by atoms with Crippen LogP contribution in [-0.4, -0.2) is 41.3 Å². The van der Waals surface area contributed by atoms with Gasteiger partial charge in [0.1, 0.15) is 11.6 Å². The van der Waals surface area contributed by atoms with Crippen molar-refractivity contribution in [2.24, 2.45) is 5.92 Å². The van der Waals surface area contributed by atoms with Crippen molar-refractivity contribution in [3.05, 3.63) is 12.1 Å². The summed E-state index contributed by atoms with van der Waals surface area (Å²) in [5.74, 6) is 2.04. The number of anilines is 2. The van der Waals surface area contributed by atoms with Gasteiger partial charge < -0.3 is 16.0 Å². The zero-order valence-corrected chi connectivity index (χ0v) is 12.2. The van der Waals surface area contributed by atoms with Crippen molar-refractivity contribution in [2.45, 2.75) is 38.1 Å². The van der Waals surface area contributed by atoms with Gasteiger partial charge in [0.2, 0.25) is 0 Å². The highest BCUT2D eigenvalue weighted by molar-refractivity contribution is 5.38. The van der Waals surface area contributed by atoms with Crippen LogP contribution in [0.15, 0.2) is 12.1 Å². The van der Waals surface area contributed by atoms with Crippen molar-refractivity contribution >= 4 is 11.6 Å². The maximum Gasteiger partial charge on any atom is 0.148 e. The summed E-state index contributed by atoms with van der Waals surface area (Å²) in [4.78, 5) is 2.36. The molecule has 2 atom stereocenters. The smallest absolute Gasteiger partial charge is 0.148 e. The molecule has 5 nitrogen and oxygen atoms in total. The number of hydrogen-bond donors (Lipinski definition) is 2. The number of nitrogens with zero attached hydrogens (tertiary/aromatic N) is 3. The standard InChI is InChI=1S/C14H25N5/c1-11-5-4-8-14(9-11,19(2)3)10-16-13-7-6-12(15)17-18-13/h6-7,11H,4-5,8-10H2,1-3H3,(H2,15,17)(H,16,18). The van der Waals surface area contributed by atoms with Crippen LogP contribution in [0.3, 0.4) is 0 Å². The molecule has 0 amide bonds. The number of nitrogens with two attached hydrogens (primary N) is 1. The first-order valence-electron chi connectivity index (χ1n) is 7.02. The lowest BCUT2D eigenvalue weighted by atomic mass is 9.75. The van der Waals surface area contributed by atoms with Gasteiger partial charge in [-0.2, -0.15) is 0 Å². The highest BCUT2D eigenvalue weighted by Crippen LogP contribution is 2.35. The Hall–Kier alpha value is -1.36. The van der Waals surface area contributed by atoms with Gasteiger partial charge in [0.05, 0.1) is 0 Å². The fourth-order valence-corrected chi connectivity index (χ4v) is 3.05. The molecule has 1 aromatic heterocycles. The first kappa shape index (κ1) is 14.1. The number of hydrogen-bond acceptors (Lipinski definition) is 5. The summed E-state index contributed by atoms with van der Waals surface area (Å²) in [6.07, 6.45) is 5.11. The number of likely N-dealkylation sites (N-methyl/N-ethyl adjacent to an activating group) is 1. The molecule has 3 N–H and O–H groups in total. The second-order valence-corrected chi connectivity index (χ2v) is 6.02. The van der Waals surface area contributed by atoms with E-state index in [0.29, 0.717) is 5.82 Å². The largest absolute Gasteiger partial charge is 0.382 e. The third kappa shape index (κ3) is 3.35. The highest BCUT2D eigenvalue weighted by Gasteiger charge is 2.36. The van der Waals surface area contributed by atoms with Crippen LogP contribution < -0.4 is 11.1 Å². The Bertz CT molecular complexity index is 403. The van der Waals surface area contributed by atoms with Crippen LogP contribution >= 0.6 is 0 Å². The van der Waals surface area contributed by atoms with Crippen LogP contribution in [0.1, 0.15) is 32.6 Å². The van der Waals surface area contributed by atoms with Crippen LogP contribution in [0.4, 0.5) is 11.6 Å². The van der Waals surface area contributed by atoms with E-state index in [0.717, 1.165) is 18.3 Å². The van der Waals surface area contributed by atoms with Crippen molar-refractivity contribution in [1.82, 2.24) is 15.1 Å². The third-order valence-corrected chi connectivity index (χ3v) is 4.30. The molecular formula is C14H25N5. The lowest BCUT2D eigenvalue weighted by molar-refractivity contribution is 0.0881. The van der Waals surface area contributed by atoms with Gasteiger partial charge in [-0.1, -0.05) is 19.8 Å². The van der Waals surface area contributed by atoms with Gasteiger partial charge in [-0.05, 0) is 45.0 Å². The molecule has 1 heterocycles. The molecule has 1 aliphatic carbocycles. The predicted octanol–water partition coefficient (Wildman–Crippen LogP) is 1.98. The molecule has 5 heteroatoms. The summed E-state index contributed by atoms with van der Waals surface area (Å²) in [6.45, 7) is 3.25. The summed E-state index contributed by atoms with van der Waals surface area (Å²) >= 11 is 0. The lowest BCUT2D eigenvalue weighted by Gasteiger charge is -2.45. The Balaban J connectivity index is 2.03. The van der Waals surface area contributed by atoms with Gasteiger partial charge in [0, 0.05) is 12.1 Å². The zero-order chi connectivity index (χ0) is 13.9. The second-order valence-electron chi connectivity index (χ2n) is 6.02. The molecule has 0 aliphatic heterocycles. The molecule has 0 saturated heterocycles. The van der Waals surface area contributed by atoms with E-state index >= 15 is 0 Å². The average Bonchev–Trinajstić information content (AvgIpc) is 2.38. The monoisotopic (exact) mass is 263 g/mol. The van der Waals surface area contributed by atoms with Crippen molar-refractivity contribution < 1.29 is 0 Å². The molecule has 2 rings (SSSR count). The average molecular weight is 263 g/mol. The van der Waals surface area contributed by atoms with E-state index in [-0.39, 0.29) is 5.54 Å². The molecule has 19 heavy (non-hydrogen) atoms. The van der Waals surface area contributed by atoms with Crippen LogP contribution in [-0.2, 0) is 0 Å². The molecule has 1 aromatic rings. The summed E-state index contributed by atoms with van der Waals surface area (Å²) < 4.78 is 0. The minimum absolute atomic E-state index is 0.223. The number of nitrogens with one attached hydrogen (secondary N) is 1. The lowest BCUT2D eigenvalue weighted by Crippen LogP contribution is -2.52. The highest BCUT2D eigenvalue weighted by atomic mass is 15.2. The fraction of sp³-hybridized carbons (Fsp3) is 0.714. The zero-order valence-electron chi connectivity index (χ0n) is 12.2. The molecule has 0 aromatic carbocycles. The normalized spacial score (nSPS) is 27.5. The Morgan fingerprint density at radius 1 is 1.42 bits per heavy atom. The summed E-state index contributed by atoms with van der Waals surface area (Å²) in [7, 11) is 4.35. The van der Waals surface area contributed by atoms with Crippen LogP contribution in [0.2, 0.25) is 0 Å². The second kappa shape index (κ2) is 5.74. The molecule has 0 spiro atoms. The number of aromatic nitrogens is 2. The van der Waals surface area contributed by atoms with Gasteiger partial charge in [-0.15, -0.1) is 10.2 Å². The Kier molecular flexibility index (Phi) is 4.24. The molecule has 1 fully saturated rings. The van der Waals surface area contributed by atoms with E-state index in [1.54, 1.807) is 6.07 Å². The van der Waals surface area contributed by atoms with Gasteiger partial charge in [0.25, 0.3) is 0 Å². The molecular weight excluding hydrogens is 238 g/mol. The van der Waals surface area contributed by atoms with Crippen LogP contribution in [0, 0.1) is 5.92 Å². The van der Waals surface area contributed by atoms with Crippen molar-refractivity contribution in [1.29, 1.82) is 0 Å². The molecule has 0 radical (unpaired) electrons. The maximum atomic E-state index is 5.55. The quantitative estimate of drug-likeness (QED) is 0.869. The van der Waals surface area contributed by atoms with Gasteiger partial charge in [-0.25, -0.2) is 0 Å². The van der Waals surface area contributed by atoms with Gasteiger partial charge >= 0.3 is 0 Å². The van der Waals surface area contributed by atoms with Gasteiger partial charge in [-0.3, -0.25) is 0 Å². The fourth-order valence-electron chi connectivity index (χ4n) is 3.05. The molecule has 0 bridgehead atoms. The summed E-state index contributed by atoms with van der Waals surface area (Å²) in [6, 6.07) is 3.67. The molecule has 1 saturated carbocycles.